The summed E-state index contributed by atoms with van der Waals surface area (Å²) >= 11 is 1.64. The minimum absolute atomic E-state index is 0.0124. The number of Topliss-reactive ketones (excluding diaryl/α,β-unsaturated/α-hetero) is 1. The van der Waals surface area contributed by atoms with Crippen LogP contribution < -0.4 is 5.32 Å². The lowest BCUT2D eigenvalue weighted by atomic mass is 10.1. The van der Waals surface area contributed by atoms with Crippen LogP contribution in [0.15, 0.2) is 6.07 Å². The molecule has 1 aliphatic rings. The minimum atomic E-state index is -0.0124. The van der Waals surface area contributed by atoms with E-state index in [1.54, 1.807) is 11.3 Å². The monoisotopic (exact) mass is 336 g/mol. The van der Waals surface area contributed by atoms with Gasteiger partial charge in [-0.2, -0.15) is 0 Å². The number of hydrogen-bond donors (Lipinski definition) is 1. The average Bonchev–Trinajstić information content (AvgIpc) is 2.89. The van der Waals surface area contributed by atoms with Crippen LogP contribution >= 0.6 is 11.3 Å². The summed E-state index contributed by atoms with van der Waals surface area (Å²) in [6.07, 6.45) is 5.53. The highest BCUT2D eigenvalue weighted by Crippen LogP contribution is 2.22. The van der Waals surface area contributed by atoms with Gasteiger partial charge in [-0.3, -0.25) is 9.59 Å². The fourth-order valence-corrected chi connectivity index (χ4v) is 4.01. The quantitative estimate of drug-likeness (QED) is 0.585. The molecule has 0 radical (unpaired) electrons. The number of rotatable bonds is 8. The second-order valence-corrected chi connectivity index (χ2v) is 7.82. The van der Waals surface area contributed by atoms with Gasteiger partial charge in [0.05, 0.1) is 0 Å². The van der Waals surface area contributed by atoms with Crippen molar-refractivity contribution in [3.8, 4) is 0 Å². The molecule has 1 fully saturated rings. The Kier molecular flexibility index (Phi) is 7.24. The van der Waals surface area contributed by atoms with Crippen LogP contribution in [0.3, 0.4) is 0 Å². The lowest BCUT2D eigenvalue weighted by Gasteiger charge is -2.26. The highest BCUT2D eigenvalue weighted by molar-refractivity contribution is 7.12. The number of hydrogen-bond acceptors (Lipinski definition) is 4. The molecule has 5 heteroatoms. The second-order valence-electron chi connectivity index (χ2n) is 6.36. The first-order valence-electron chi connectivity index (χ1n) is 8.65. The SMILES string of the molecule is Cc1cc(C(=O)CCC(=O)NCCCN2CCCCC2)c(C)s1. The van der Waals surface area contributed by atoms with Gasteiger partial charge in [0, 0.05) is 34.7 Å². The Hall–Kier alpha value is -1.20. The fourth-order valence-electron chi connectivity index (χ4n) is 3.07. The first kappa shape index (κ1) is 18.1. The van der Waals surface area contributed by atoms with Gasteiger partial charge in [-0.05, 0) is 58.8 Å². The highest BCUT2D eigenvalue weighted by atomic mass is 32.1. The Morgan fingerprint density at radius 3 is 2.57 bits per heavy atom. The summed E-state index contributed by atoms with van der Waals surface area (Å²) in [5.41, 5.74) is 0.783. The van der Waals surface area contributed by atoms with E-state index in [4.69, 9.17) is 0 Å². The molecule has 0 atom stereocenters. The number of nitrogens with one attached hydrogen (secondary N) is 1. The van der Waals surface area contributed by atoms with Crippen molar-refractivity contribution in [2.45, 2.75) is 52.4 Å². The Morgan fingerprint density at radius 1 is 1.17 bits per heavy atom. The molecule has 0 aliphatic carbocycles. The van der Waals surface area contributed by atoms with Crippen LogP contribution in [0.1, 0.15) is 58.6 Å². The molecule has 1 aromatic heterocycles. The van der Waals surface area contributed by atoms with E-state index in [0.29, 0.717) is 13.0 Å². The van der Waals surface area contributed by atoms with Crippen LogP contribution in [0.5, 0.6) is 0 Å². The van der Waals surface area contributed by atoms with E-state index in [-0.39, 0.29) is 18.1 Å². The lowest BCUT2D eigenvalue weighted by Crippen LogP contribution is -2.33. The number of carbonyl (C=O) groups is 2. The van der Waals surface area contributed by atoms with E-state index in [9.17, 15) is 9.59 Å². The van der Waals surface area contributed by atoms with E-state index in [2.05, 4.69) is 10.2 Å². The van der Waals surface area contributed by atoms with E-state index in [1.807, 2.05) is 19.9 Å². The normalized spacial score (nSPS) is 15.6. The zero-order valence-corrected chi connectivity index (χ0v) is 15.1. The Bertz CT molecular complexity index is 533. The third kappa shape index (κ3) is 6.07. The van der Waals surface area contributed by atoms with Gasteiger partial charge >= 0.3 is 0 Å². The third-order valence-electron chi connectivity index (χ3n) is 4.34. The van der Waals surface area contributed by atoms with Crippen molar-refractivity contribution in [1.82, 2.24) is 10.2 Å². The van der Waals surface area contributed by atoms with E-state index in [1.165, 1.54) is 32.4 Å². The summed E-state index contributed by atoms with van der Waals surface area (Å²) in [4.78, 5) is 28.7. The zero-order chi connectivity index (χ0) is 16.7. The molecule has 4 nitrogen and oxygen atoms in total. The summed E-state index contributed by atoms with van der Waals surface area (Å²) in [6, 6.07) is 1.93. The minimum Gasteiger partial charge on any atom is -0.356 e. The number of carbonyl (C=O) groups excluding carboxylic acids is 2. The van der Waals surface area contributed by atoms with Crippen molar-refractivity contribution >= 4 is 23.0 Å². The zero-order valence-electron chi connectivity index (χ0n) is 14.3. The molecule has 0 unspecified atom stereocenters. The standard InChI is InChI=1S/C18H28N2O2S/c1-14-13-16(15(2)23-14)17(21)7-8-18(22)19-9-6-12-20-10-4-3-5-11-20/h13H,3-12H2,1-2H3,(H,19,22). The summed E-state index contributed by atoms with van der Waals surface area (Å²) in [5, 5.41) is 2.93. The molecule has 1 saturated heterocycles. The molecule has 1 aromatic rings. The molecule has 1 N–H and O–H groups in total. The highest BCUT2D eigenvalue weighted by Gasteiger charge is 2.14. The van der Waals surface area contributed by atoms with Gasteiger partial charge < -0.3 is 10.2 Å². The van der Waals surface area contributed by atoms with Crippen molar-refractivity contribution in [3.63, 3.8) is 0 Å². The first-order chi connectivity index (χ1) is 11.1. The van der Waals surface area contributed by atoms with Gasteiger partial charge in [0.15, 0.2) is 5.78 Å². The number of ketones is 1. The van der Waals surface area contributed by atoms with Crippen molar-refractivity contribution < 1.29 is 9.59 Å². The summed E-state index contributed by atoms with van der Waals surface area (Å²) < 4.78 is 0. The molecule has 2 heterocycles. The van der Waals surface area contributed by atoms with Crippen molar-refractivity contribution in [3.05, 3.63) is 21.4 Å². The molecular formula is C18H28N2O2S. The van der Waals surface area contributed by atoms with Gasteiger partial charge in [0.25, 0.3) is 0 Å². The first-order valence-corrected chi connectivity index (χ1v) is 9.47. The van der Waals surface area contributed by atoms with E-state index >= 15 is 0 Å². The van der Waals surface area contributed by atoms with Gasteiger partial charge in [0.2, 0.25) is 5.91 Å². The fraction of sp³-hybridized carbons (Fsp3) is 0.667. The molecule has 0 spiro atoms. The number of thiophene rings is 1. The van der Waals surface area contributed by atoms with Gasteiger partial charge in [-0.1, -0.05) is 6.42 Å². The number of amides is 1. The summed E-state index contributed by atoms with van der Waals surface area (Å²) in [7, 11) is 0. The Morgan fingerprint density at radius 2 is 1.91 bits per heavy atom. The molecule has 1 aliphatic heterocycles. The molecule has 0 bridgehead atoms. The molecule has 23 heavy (non-hydrogen) atoms. The second kappa shape index (κ2) is 9.18. The Labute approximate surface area is 143 Å². The van der Waals surface area contributed by atoms with Crippen LogP contribution in [0.2, 0.25) is 0 Å². The summed E-state index contributed by atoms with van der Waals surface area (Å²) in [5.74, 6) is 0.0666. The van der Waals surface area contributed by atoms with Crippen molar-refractivity contribution in [2.75, 3.05) is 26.2 Å². The van der Waals surface area contributed by atoms with Gasteiger partial charge in [-0.15, -0.1) is 11.3 Å². The average molecular weight is 337 g/mol. The van der Waals surface area contributed by atoms with Crippen LogP contribution in [0.25, 0.3) is 0 Å². The maximum Gasteiger partial charge on any atom is 0.220 e. The molecule has 0 aromatic carbocycles. The van der Waals surface area contributed by atoms with Crippen LogP contribution in [-0.2, 0) is 4.79 Å². The largest absolute Gasteiger partial charge is 0.356 e. The number of piperidine rings is 1. The molecule has 1 amide bonds. The smallest absolute Gasteiger partial charge is 0.220 e. The molecular weight excluding hydrogens is 308 g/mol. The van der Waals surface area contributed by atoms with Gasteiger partial charge in [0.1, 0.15) is 0 Å². The predicted octanol–water partition coefficient (Wildman–Crippen LogP) is 3.32. The van der Waals surface area contributed by atoms with Crippen LogP contribution in [0, 0.1) is 13.8 Å². The van der Waals surface area contributed by atoms with Crippen molar-refractivity contribution in [1.29, 1.82) is 0 Å². The van der Waals surface area contributed by atoms with E-state index < -0.39 is 0 Å². The van der Waals surface area contributed by atoms with Crippen LogP contribution in [-0.4, -0.2) is 42.8 Å². The number of nitrogens with zero attached hydrogens (tertiary/aromatic N) is 1. The molecule has 128 valence electrons. The maximum atomic E-state index is 12.1. The third-order valence-corrected chi connectivity index (χ3v) is 5.31. The van der Waals surface area contributed by atoms with Crippen molar-refractivity contribution in [2.24, 2.45) is 0 Å². The lowest BCUT2D eigenvalue weighted by molar-refractivity contribution is -0.121. The number of likely N-dealkylation sites (tertiary alicyclic amines) is 1. The van der Waals surface area contributed by atoms with Gasteiger partial charge in [-0.25, -0.2) is 0 Å². The maximum absolute atomic E-state index is 12.1. The van der Waals surface area contributed by atoms with Crippen LogP contribution in [0.4, 0.5) is 0 Å². The molecule has 2 rings (SSSR count). The predicted molar refractivity (Wildman–Crippen MR) is 95.3 cm³/mol. The topological polar surface area (TPSA) is 49.4 Å². The van der Waals surface area contributed by atoms with E-state index in [0.717, 1.165) is 28.3 Å². The Balaban J connectivity index is 1.59. The molecule has 0 saturated carbocycles. The summed E-state index contributed by atoms with van der Waals surface area (Å²) in [6.45, 7) is 8.13. The number of aryl methyl sites for hydroxylation is 2.